The minimum atomic E-state index is -5.23. The van der Waals surface area contributed by atoms with Gasteiger partial charge < -0.3 is 0 Å². The fraction of sp³-hybridized carbons (Fsp3) is 0.367. The molecular formula is C30H31F6N3O5S2. The van der Waals surface area contributed by atoms with Crippen LogP contribution < -0.4 is 9.44 Å². The Kier molecular flexibility index (Phi) is 10.9. The highest BCUT2D eigenvalue weighted by Gasteiger charge is 2.38. The Morgan fingerprint density at radius 1 is 0.739 bits per heavy atom. The first kappa shape index (κ1) is 35.4. The monoisotopic (exact) mass is 691 g/mol. The average Bonchev–Trinajstić information content (AvgIpc) is 3.00. The Balaban J connectivity index is 1.47. The summed E-state index contributed by atoms with van der Waals surface area (Å²) < 4.78 is 137. The van der Waals surface area contributed by atoms with Crippen molar-refractivity contribution in [2.75, 3.05) is 13.1 Å². The fourth-order valence-electron chi connectivity index (χ4n) is 5.18. The molecule has 3 aromatic carbocycles. The quantitative estimate of drug-likeness (QED) is 0.240. The predicted octanol–water partition coefficient (Wildman–Crippen LogP) is 5.99. The summed E-state index contributed by atoms with van der Waals surface area (Å²) in [4.78, 5) is 13.0. The van der Waals surface area contributed by atoms with E-state index in [0.29, 0.717) is 31.2 Å². The van der Waals surface area contributed by atoms with Crippen molar-refractivity contribution in [2.24, 2.45) is 11.8 Å². The number of nitrogens with zero attached hydrogens (tertiary/aromatic N) is 1. The van der Waals surface area contributed by atoms with E-state index >= 15 is 0 Å². The predicted molar refractivity (Wildman–Crippen MR) is 157 cm³/mol. The van der Waals surface area contributed by atoms with E-state index < -0.39 is 55.2 Å². The minimum Gasteiger partial charge on any atom is -0.268 e. The van der Waals surface area contributed by atoms with Crippen LogP contribution >= 0.6 is 0 Å². The van der Waals surface area contributed by atoms with Gasteiger partial charge in [0.2, 0.25) is 10.0 Å². The van der Waals surface area contributed by atoms with Crippen LogP contribution in [-0.4, -0.2) is 40.1 Å². The molecule has 0 bridgehead atoms. The van der Waals surface area contributed by atoms with E-state index in [2.05, 4.69) is 4.72 Å². The molecule has 1 saturated carbocycles. The highest BCUT2D eigenvalue weighted by molar-refractivity contribution is 7.89. The number of halogens is 6. The second kappa shape index (κ2) is 14.1. The molecule has 3 aromatic rings. The van der Waals surface area contributed by atoms with Gasteiger partial charge in [-0.3, -0.25) is 4.79 Å². The summed E-state index contributed by atoms with van der Waals surface area (Å²) in [5.41, 5.74) is -4.10. The van der Waals surface area contributed by atoms with E-state index in [0.717, 1.165) is 4.31 Å². The first-order chi connectivity index (χ1) is 21.4. The number of amides is 1. The average molecular weight is 692 g/mol. The lowest BCUT2D eigenvalue weighted by Gasteiger charge is -2.32. The third-order valence-corrected chi connectivity index (χ3v) is 10.5. The van der Waals surface area contributed by atoms with Gasteiger partial charge in [0.05, 0.1) is 16.0 Å². The first-order valence-corrected chi connectivity index (χ1v) is 17.1. The summed E-state index contributed by atoms with van der Waals surface area (Å²) in [6.07, 6.45) is -8.30. The molecule has 0 spiro atoms. The molecule has 0 aromatic heterocycles. The Bertz CT molecular complexity index is 1680. The number of nitrogens with one attached hydrogen (secondary N) is 2. The maximum atomic E-state index is 13.4. The zero-order chi connectivity index (χ0) is 33.8. The summed E-state index contributed by atoms with van der Waals surface area (Å²) >= 11 is 0. The van der Waals surface area contributed by atoms with Crippen molar-refractivity contribution in [2.45, 2.75) is 49.5 Å². The lowest BCUT2D eigenvalue weighted by atomic mass is 9.82. The summed E-state index contributed by atoms with van der Waals surface area (Å²) in [5, 5.41) is 0. The van der Waals surface area contributed by atoms with Gasteiger partial charge in [0.1, 0.15) is 0 Å². The number of benzene rings is 3. The second-order valence-electron chi connectivity index (χ2n) is 11.1. The maximum Gasteiger partial charge on any atom is 0.416 e. The van der Waals surface area contributed by atoms with Crippen LogP contribution in [0.15, 0.2) is 83.8 Å². The van der Waals surface area contributed by atoms with Gasteiger partial charge in [-0.1, -0.05) is 48.5 Å². The highest BCUT2D eigenvalue weighted by Crippen LogP contribution is 2.36. The summed E-state index contributed by atoms with van der Waals surface area (Å²) in [7, 11) is -8.46. The van der Waals surface area contributed by atoms with E-state index in [1.807, 2.05) is 0 Å². The van der Waals surface area contributed by atoms with Gasteiger partial charge in [-0.2, -0.15) is 39.1 Å². The Labute approximate surface area is 263 Å². The zero-order valence-electron chi connectivity index (χ0n) is 24.2. The molecule has 0 atom stereocenters. The van der Waals surface area contributed by atoms with Crippen LogP contribution in [0.1, 0.15) is 52.7 Å². The number of carbonyl (C=O) groups excluding carboxylic acids is 1. The van der Waals surface area contributed by atoms with Gasteiger partial charge in [0.25, 0.3) is 5.91 Å². The molecule has 0 heterocycles. The van der Waals surface area contributed by atoms with Crippen LogP contribution in [0.25, 0.3) is 0 Å². The number of alkyl halides is 6. The molecule has 0 radical (unpaired) electrons. The molecular weight excluding hydrogens is 660 g/mol. The third-order valence-electron chi connectivity index (χ3n) is 7.66. The maximum absolute atomic E-state index is 13.4. The molecule has 46 heavy (non-hydrogen) atoms. The van der Waals surface area contributed by atoms with Gasteiger partial charge in [-0.25, -0.2) is 17.9 Å². The fourth-order valence-corrected chi connectivity index (χ4v) is 7.52. The first-order valence-electron chi connectivity index (χ1n) is 14.1. The van der Waals surface area contributed by atoms with Crippen LogP contribution in [-0.2, 0) is 39.1 Å². The second-order valence-corrected chi connectivity index (χ2v) is 14.5. The molecule has 250 valence electrons. The van der Waals surface area contributed by atoms with Crippen molar-refractivity contribution in [3.05, 3.63) is 101 Å². The van der Waals surface area contributed by atoms with Crippen LogP contribution in [0.2, 0.25) is 0 Å². The van der Waals surface area contributed by atoms with Gasteiger partial charge >= 0.3 is 22.6 Å². The lowest BCUT2D eigenvalue weighted by molar-refractivity contribution is -0.143. The van der Waals surface area contributed by atoms with Gasteiger partial charge in [0, 0.05) is 25.2 Å². The molecule has 1 aliphatic carbocycles. The molecule has 1 aliphatic rings. The van der Waals surface area contributed by atoms with Gasteiger partial charge in [-0.15, -0.1) is 0 Å². The topological polar surface area (TPSA) is 113 Å². The summed E-state index contributed by atoms with van der Waals surface area (Å²) in [5.74, 6) is -1.89. The van der Waals surface area contributed by atoms with E-state index in [4.69, 9.17) is 0 Å². The molecule has 0 saturated heterocycles. The van der Waals surface area contributed by atoms with Crippen molar-refractivity contribution >= 4 is 26.1 Å². The minimum absolute atomic E-state index is 0.0163. The Morgan fingerprint density at radius 3 is 1.76 bits per heavy atom. The molecule has 4 rings (SSSR count). The van der Waals surface area contributed by atoms with E-state index in [-0.39, 0.29) is 54.6 Å². The van der Waals surface area contributed by atoms with Gasteiger partial charge in [-0.05, 0) is 73.4 Å². The van der Waals surface area contributed by atoms with Crippen LogP contribution in [0.5, 0.6) is 0 Å². The molecule has 8 nitrogen and oxygen atoms in total. The van der Waals surface area contributed by atoms with E-state index in [9.17, 15) is 48.0 Å². The number of carbonyl (C=O) groups is 1. The van der Waals surface area contributed by atoms with Crippen molar-refractivity contribution in [3.8, 4) is 0 Å². The molecule has 16 heteroatoms. The van der Waals surface area contributed by atoms with Gasteiger partial charge in [0.15, 0.2) is 0 Å². The molecule has 0 aliphatic heterocycles. The van der Waals surface area contributed by atoms with Crippen LogP contribution in [0.4, 0.5) is 26.3 Å². The molecule has 2 N–H and O–H groups in total. The normalized spacial score (nSPS) is 18.0. The number of sulfonamides is 1. The van der Waals surface area contributed by atoms with Crippen molar-refractivity contribution in [1.82, 2.24) is 13.7 Å². The Hall–Kier alpha value is -3.47. The number of rotatable bonds is 11. The molecule has 1 fully saturated rings. The smallest absolute Gasteiger partial charge is 0.268 e. The van der Waals surface area contributed by atoms with Crippen LogP contribution in [0, 0.1) is 11.8 Å². The highest BCUT2D eigenvalue weighted by atomic mass is 32.2. The van der Waals surface area contributed by atoms with E-state index in [1.54, 1.807) is 53.3 Å². The number of hydrogen-bond donors (Lipinski definition) is 2. The lowest BCUT2D eigenvalue weighted by Crippen LogP contribution is -2.45. The van der Waals surface area contributed by atoms with E-state index in [1.165, 1.54) is 12.1 Å². The summed E-state index contributed by atoms with van der Waals surface area (Å²) in [6.45, 7) is -0.143. The standard InChI is InChI=1S/C30H31F6N3O5S2/c31-29(32,33)25-15-24(16-26(17-25)30(34,35)36)28(40)38-46(43,44)39(19-22-7-3-1-4-8-22)20-23-13-11-21(12-14-23)18-37-45(41,42)27-9-5-2-6-10-27/h1-10,15-17,21,23,37H,11-14,18-20H2,(H,38,40). The van der Waals surface area contributed by atoms with Crippen molar-refractivity contribution in [1.29, 1.82) is 0 Å². The SMILES string of the molecule is O=C(NS(=O)(=O)N(Cc1ccccc1)CC1CCC(CNS(=O)(=O)c2ccccc2)CC1)c1cc(C(F)(F)F)cc(C(F)(F)F)c1. The molecule has 0 unspecified atom stereocenters. The zero-order valence-corrected chi connectivity index (χ0v) is 25.8. The number of hydrogen-bond acceptors (Lipinski definition) is 5. The Morgan fingerprint density at radius 2 is 1.24 bits per heavy atom. The third kappa shape index (κ3) is 9.53. The largest absolute Gasteiger partial charge is 0.416 e. The van der Waals surface area contributed by atoms with Crippen molar-refractivity contribution < 1.29 is 48.0 Å². The van der Waals surface area contributed by atoms with Crippen LogP contribution in [0.3, 0.4) is 0 Å². The molecule has 1 amide bonds. The summed E-state index contributed by atoms with van der Waals surface area (Å²) in [6, 6.07) is 16.3. The van der Waals surface area contributed by atoms with Crippen molar-refractivity contribution in [3.63, 3.8) is 0 Å².